The fourth-order valence-corrected chi connectivity index (χ4v) is 3.64. The summed E-state index contributed by atoms with van der Waals surface area (Å²) in [5, 5.41) is 6.91. The van der Waals surface area contributed by atoms with Crippen molar-refractivity contribution in [3.63, 3.8) is 0 Å². The van der Waals surface area contributed by atoms with Gasteiger partial charge in [0, 0.05) is 23.5 Å². The van der Waals surface area contributed by atoms with Crippen LogP contribution in [0.1, 0.15) is 5.76 Å². The minimum Gasteiger partial charge on any atom is -0.497 e. The van der Waals surface area contributed by atoms with Gasteiger partial charge in [-0.15, -0.1) is 0 Å². The van der Waals surface area contributed by atoms with E-state index >= 15 is 0 Å². The van der Waals surface area contributed by atoms with Crippen LogP contribution in [-0.2, 0) is 10.0 Å². The number of hydrogen-bond acceptors (Lipinski definition) is 7. The number of methoxy groups -OCH3 is 2. The number of rotatable bonds is 7. The average Bonchev–Trinajstić information content (AvgIpc) is 3.07. The third-order valence-corrected chi connectivity index (χ3v) is 5.10. The summed E-state index contributed by atoms with van der Waals surface area (Å²) in [6.45, 7) is 1.79. The van der Waals surface area contributed by atoms with Crippen molar-refractivity contribution in [1.82, 2.24) is 5.16 Å². The maximum Gasteiger partial charge on any atom is 0.265 e. The number of aryl methyl sites for hydroxylation is 1. The molecule has 2 N–H and O–H groups in total. The highest BCUT2D eigenvalue weighted by Crippen LogP contribution is 2.30. The first-order chi connectivity index (χ1) is 12.9. The lowest BCUT2D eigenvalue weighted by Gasteiger charge is -2.13. The second-order valence-corrected chi connectivity index (χ2v) is 7.30. The third-order valence-electron chi connectivity index (χ3n) is 3.70. The number of sulfonamides is 1. The molecule has 2 aromatic carbocycles. The summed E-state index contributed by atoms with van der Waals surface area (Å²) in [5.74, 6) is 1.90. The van der Waals surface area contributed by atoms with Gasteiger partial charge >= 0.3 is 0 Å². The van der Waals surface area contributed by atoms with Crippen molar-refractivity contribution in [3.05, 3.63) is 54.3 Å². The van der Waals surface area contributed by atoms with Gasteiger partial charge in [-0.25, -0.2) is 8.42 Å². The maximum absolute atomic E-state index is 12.7. The Balaban J connectivity index is 1.80. The molecule has 0 aliphatic heterocycles. The zero-order valence-electron chi connectivity index (χ0n) is 15.0. The van der Waals surface area contributed by atoms with Crippen molar-refractivity contribution in [1.29, 1.82) is 0 Å². The molecule has 0 aliphatic rings. The molecular weight excluding hydrogens is 370 g/mol. The van der Waals surface area contributed by atoms with Crippen LogP contribution in [-0.4, -0.2) is 27.8 Å². The summed E-state index contributed by atoms with van der Waals surface area (Å²) in [5.41, 5.74) is 1.15. The van der Waals surface area contributed by atoms with E-state index in [0.29, 0.717) is 23.0 Å². The van der Waals surface area contributed by atoms with Gasteiger partial charge in [0.25, 0.3) is 10.0 Å². The van der Waals surface area contributed by atoms with Crippen LogP contribution in [0.5, 0.6) is 11.5 Å². The number of hydrogen-bond donors (Lipinski definition) is 2. The molecule has 1 heterocycles. The molecule has 8 nitrogen and oxygen atoms in total. The summed E-state index contributed by atoms with van der Waals surface area (Å²) in [7, 11) is -0.984. The number of ether oxygens (including phenoxy) is 2. The molecule has 0 saturated heterocycles. The van der Waals surface area contributed by atoms with E-state index in [4.69, 9.17) is 14.0 Å². The van der Waals surface area contributed by atoms with Crippen molar-refractivity contribution in [2.75, 3.05) is 24.3 Å². The smallest absolute Gasteiger partial charge is 0.265 e. The molecule has 0 radical (unpaired) electrons. The molecule has 0 amide bonds. The second kappa shape index (κ2) is 7.58. The molecule has 0 bridgehead atoms. The van der Waals surface area contributed by atoms with Crippen molar-refractivity contribution >= 4 is 27.2 Å². The number of benzene rings is 2. The molecule has 3 aromatic rings. The Hall–Kier alpha value is -3.20. The second-order valence-electron chi connectivity index (χ2n) is 5.65. The summed E-state index contributed by atoms with van der Waals surface area (Å²) in [6.07, 6.45) is 0. The SMILES string of the molecule is COc1ccc(OC)c(S(=O)(=O)Nc2ccc(Nc3cc(C)on3)cc2)c1. The molecule has 0 atom stereocenters. The van der Waals surface area contributed by atoms with Crippen LogP contribution < -0.4 is 19.5 Å². The molecule has 0 fully saturated rings. The van der Waals surface area contributed by atoms with Crippen molar-refractivity contribution in [2.24, 2.45) is 0 Å². The van der Waals surface area contributed by atoms with Crippen LogP contribution in [0.15, 0.2) is 57.9 Å². The van der Waals surface area contributed by atoms with E-state index in [0.717, 1.165) is 5.69 Å². The molecule has 0 unspecified atom stereocenters. The fourth-order valence-electron chi connectivity index (χ4n) is 2.40. The van der Waals surface area contributed by atoms with Crippen LogP contribution in [0.4, 0.5) is 17.2 Å². The van der Waals surface area contributed by atoms with Gasteiger partial charge in [-0.2, -0.15) is 0 Å². The van der Waals surface area contributed by atoms with Gasteiger partial charge in [-0.1, -0.05) is 5.16 Å². The minimum atomic E-state index is -3.86. The molecule has 3 rings (SSSR count). The van der Waals surface area contributed by atoms with Gasteiger partial charge in [-0.05, 0) is 43.3 Å². The van der Waals surface area contributed by atoms with Gasteiger partial charge in [0.05, 0.1) is 14.2 Å². The Bertz CT molecular complexity index is 1030. The lowest BCUT2D eigenvalue weighted by atomic mass is 10.3. The summed E-state index contributed by atoms with van der Waals surface area (Å²) in [6, 6.07) is 13.1. The van der Waals surface area contributed by atoms with Crippen LogP contribution >= 0.6 is 0 Å². The van der Waals surface area contributed by atoms with Crippen molar-refractivity contribution in [2.45, 2.75) is 11.8 Å². The highest BCUT2D eigenvalue weighted by Gasteiger charge is 2.20. The van der Waals surface area contributed by atoms with Crippen molar-refractivity contribution < 1.29 is 22.4 Å². The van der Waals surface area contributed by atoms with Gasteiger partial charge in [0.15, 0.2) is 5.82 Å². The molecular formula is C18H19N3O5S. The predicted molar refractivity (Wildman–Crippen MR) is 101 cm³/mol. The lowest BCUT2D eigenvalue weighted by molar-refractivity contribution is 0.392. The van der Waals surface area contributed by atoms with E-state index in [1.54, 1.807) is 49.4 Å². The van der Waals surface area contributed by atoms with E-state index in [1.165, 1.54) is 20.3 Å². The number of nitrogens with zero attached hydrogens (tertiary/aromatic N) is 1. The van der Waals surface area contributed by atoms with Crippen LogP contribution in [0.3, 0.4) is 0 Å². The predicted octanol–water partition coefficient (Wildman–Crippen LogP) is 3.54. The molecule has 142 valence electrons. The third kappa shape index (κ3) is 4.32. The first-order valence-electron chi connectivity index (χ1n) is 7.96. The zero-order chi connectivity index (χ0) is 19.4. The van der Waals surface area contributed by atoms with Gasteiger partial charge < -0.3 is 19.3 Å². The molecule has 0 spiro atoms. The van der Waals surface area contributed by atoms with E-state index in [2.05, 4.69) is 15.2 Å². The number of nitrogens with one attached hydrogen (secondary N) is 2. The van der Waals surface area contributed by atoms with Gasteiger partial charge in [-0.3, -0.25) is 4.72 Å². The molecule has 9 heteroatoms. The molecule has 0 aliphatic carbocycles. The first-order valence-corrected chi connectivity index (χ1v) is 9.45. The van der Waals surface area contributed by atoms with E-state index in [1.807, 2.05) is 0 Å². The Labute approximate surface area is 157 Å². The summed E-state index contributed by atoms with van der Waals surface area (Å²) >= 11 is 0. The average molecular weight is 389 g/mol. The molecule has 1 aromatic heterocycles. The highest BCUT2D eigenvalue weighted by atomic mass is 32.2. The Kier molecular flexibility index (Phi) is 5.22. The quantitative estimate of drug-likeness (QED) is 0.637. The minimum absolute atomic E-state index is 0.00961. The monoisotopic (exact) mass is 389 g/mol. The van der Waals surface area contributed by atoms with Crippen molar-refractivity contribution in [3.8, 4) is 11.5 Å². The summed E-state index contributed by atoms with van der Waals surface area (Å²) < 4.78 is 43.3. The number of anilines is 3. The zero-order valence-corrected chi connectivity index (χ0v) is 15.8. The molecule has 0 saturated carbocycles. The Morgan fingerprint density at radius 1 is 0.963 bits per heavy atom. The fraction of sp³-hybridized carbons (Fsp3) is 0.167. The normalized spacial score (nSPS) is 11.1. The van der Waals surface area contributed by atoms with E-state index < -0.39 is 10.0 Å². The van der Waals surface area contributed by atoms with Gasteiger partial charge in [0.1, 0.15) is 22.2 Å². The topological polar surface area (TPSA) is 103 Å². The Morgan fingerprint density at radius 2 is 1.67 bits per heavy atom. The molecule has 27 heavy (non-hydrogen) atoms. The van der Waals surface area contributed by atoms with Crippen LogP contribution in [0, 0.1) is 6.92 Å². The standard InChI is InChI=1S/C18H19N3O5S/c1-12-10-18(20-26-12)19-13-4-6-14(7-5-13)21-27(22,23)17-11-15(24-2)8-9-16(17)25-3/h4-11,21H,1-3H3,(H,19,20). The van der Waals surface area contributed by atoms with E-state index in [-0.39, 0.29) is 10.6 Å². The van der Waals surface area contributed by atoms with Crippen LogP contribution in [0.2, 0.25) is 0 Å². The lowest BCUT2D eigenvalue weighted by Crippen LogP contribution is -2.14. The highest BCUT2D eigenvalue weighted by molar-refractivity contribution is 7.92. The Morgan fingerprint density at radius 3 is 2.26 bits per heavy atom. The first kappa shape index (κ1) is 18.6. The van der Waals surface area contributed by atoms with E-state index in [9.17, 15) is 8.42 Å². The summed E-state index contributed by atoms with van der Waals surface area (Å²) in [4.78, 5) is -0.00961. The van der Waals surface area contributed by atoms with Gasteiger partial charge in [0.2, 0.25) is 0 Å². The largest absolute Gasteiger partial charge is 0.497 e. The maximum atomic E-state index is 12.7. The van der Waals surface area contributed by atoms with Crippen LogP contribution in [0.25, 0.3) is 0 Å². The number of aromatic nitrogens is 1.